The van der Waals surface area contributed by atoms with Crippen molar-refractivity contribution >= 4 is 17.5 Å². The van der Waals surface area contributed by atoms with Gasteiger partial charge in [0.2, 0.25) is 0 Å². The van der Waals surface area contributed by atoms with E-state index in [9.17, 15) is 9.90 Å². The number of hydrogen-bond acceptors (Lipinski definition) is 6. The average molecular weight is 345 g/mol. The van der Waals surface area contributed by atoms with E-state index in [2.05, 4.69) is 16.0 Å². The summed E-state index contributed by atoms with van der Waals surface area (Å²) in [6.07, 6.45) is 9.56. The summed E-state index contributed by atoms with van der Waals surface area (Å²) in [5, 5.41) is 13.3. The fourth-order valence-electron chi connectivity index (χ4n) is 2.31. The Labute approximate surface area is 147 Å². The molecular formula is C17H23N5O3. The van der Waals surface area contributed by atoms with Gasteiger partial charge in [-0.3, -0.25) is 9.89 Å². The van der Waals surface area contributed by atoms with Gasteiger partial charge in [0, 0.05) is 18.0 Å². The molecule has 8 nitrogen and oxygen atoms in total. The number of aliphatic imine (C=N–C) groups is 1. The third-order valence-corrected chi connectivity index (χ3v) is 3.49. The Morgan fingerprint density at radius 3 is 2.84 bits per heavy atom. The first-order valence-electron chi connectivity index (χ1n) is 7.85. The fourth-order valence-corrected chi connectivity index (χ4v) is 2.31. The van der Waals surface area contributed by atoms with Crippen LogP contribution in [0.4, 0.5) is 4.79 Å². The number of carbonyl (C=O) groups excluding carboxylic acids is 1. The lowest BCUT2D eigenvalue weighted by Crippen LogP contribution is -2.49. The number of amides is 1. The van der Waals surface area contributed by atoms with Crippen molar-refractivity contribution in [2.45, 2.75) is 39.0 Å². The van der Waals surface area contributed by atoms with E-state index in [0.29, 0.717) is 17.0 Å². The lowest BCUT2D eigenvalue weighted by atomic mass is 10.1. The van der Waals surface area contributed by atoms with Gasteiger partial charge in [0.25, 0.3) is 0 Å². The van der Waals surface area contributed by atoms with Gasteiger partial charge in [-0.15, -0.1) is 6.42 Å². The minimum Gasteiger partial charge on any atom is -0.444 e. The van der Waals surface area contributed by atoms with E-state index in [0.717, 1.165) is 0 Å². The average Bonchev–Trinajstić information content (AvgIpc) is 3.02. The second-order valence-electron chi connectivity index (χ2n) is 6.58. The highest BCUT2D eigenvalue weighted by atomic mass is 16.6. The van der Waals surface area contributed by atoms with Crippen molar-refractivity contribution in [3.05, 3.63) is 24.2 Å². The van der Waals surface area contributed by atoms with Crippen LogP contribution in [0, 0.1) is 12.3 Å². The number of aliphatic hydroxyl groups excluding tert-OH is 1. The van der Waals surface area contributed by atoms with E-state index < -0.39 is 17.7 Å². The summed E-state index contributed by atoms with van der Waals surface area (Å²) in [4.78, 5) is 18.4. The highest BCUT2D eigenvalue weighted by molar-refractivity contribution is 6.20. The predicted molar refractivity (Wildman–Crippen MR) is 94.5 cm³/mol. The van der Waals surface area contributed by atoms with Crippen molar-refractivity contribution in [2.75, 3.05) is 13.1 Å². The van der Waals surface area contributed by atoms with Gasteiger partial charge in [-0.2, -0.15) is 5.10 Å². The number of terminal acetylenes is 1. The first-order chi connectivity index (χ1) is 11.8. The van der Waals surface area contributed by atoms with Crippen molar-refractivity contribution in [1.82, 2.24) is 14.7 Å². The van der Waals surface area contributed by atoms with Crippen LogP contribution in [0.2, 0.25) is 0 Å². The molecule has 1 aromatic rings. The second kappa shape index (κ2) is 7.40. The highest BCUT2D eigenvalue weighted by Gasteiger charge is 2.32. The third kappa shape index (κ3) is 4.39. The summed E-state index contributed by atoms with van der Waals surface area (Å²) < 4.78 is 6.94. The first-order valence-corrected chi connectivity index (χ1v) is 7.85. The molecule has 25 heavy (non-hydrogen) atoms. The minimum absolute atomic E-state index is 0.131. The molecule has 2 rings (SSSR count). The van der Waals surface area contributed by atoms with Gasteiger partial charge in [-0.1, -0.05) is 5.92 Å². The van der Waals surface area contributed by atoms with Crippen LogP contribution in [0.15, 0.2) is 23.6 Å². The van der Waals surface area contributed by atoms with Gasteiger partial charge in [0.15, 0.2) is 0 Å². The number of hydrogen-bond donors (Lipinski definition) is 2. The van der Waals surface area contributed by atoms with E-state index in [1.807, 2.05) is 0 Å². The number of aliphatic hydroxyl groups is 1. The number of ether oxygens (including phenoxy) is 1. The Bertz CT molecular complexity index is 736. The molecule has 0 aliphatic carbocycles. The van der Waals surface area contributed by atoms with Crippen LogP contribution < -0.4 is 5.73 Å². The number of rotatable bonds is 3. The summed E-state index contributed by atoms with van der Waals surface area (Å²) >= 11 is 0. The number of aromatic nitrogens is 2. The summed E-state index contributed by atoms with van der Waals surface area (Å²) in [5.74, 6) is 2.56. The van der Waals surface area contributed by atoms with Crippen LogP contribution in [0.3, 0.4) is 0 Å². The van der Waals surface area contributed by atoms with Gasteiger partial charge < -0.3 is 15.6 Å². The van der Waals surface area contributed by atoms with Crippen molar-refractivity contribution < 1.29 is 14.6 Å². The molecular weight excluding hydrogens is 322 g/mol. The second-order valence-corrected chi connectivity index (χ2v) is 6.58. The molecule has 1 aliphatic rings. The lowest BCUT2D eigenvalue weighted by Gasteiger charge is -2.33. The van der Waals surface area contributed by atoms with Crippen LogP contribution >= 0.6 is 0 Å². The topological polar surface area (TPSA) is 106 Å². The van der Waals surface area contributed by atoms with Crippen molar-refractivity contribution in [1.29, 1.82) is 0 Å². The Morgan fingerprint density at radius 1 is 1.60 bits per heavy atom. The molecule has 1 atom stereocenters. The number of carbonyl (C=O) groups is 1. The smallest absolute Gasteiger partial charge is 0.411 e. The van der Waals surface area contributed by atoms with Crippen LogP contribution in [-0.2, 0) is 11.3 Å². The Kier molecular flexibility index (Phi) is 5.49. The molecule has 1 aromatic heterocycles. The Balaban J connectivity index is 2.26. The van der Waals surface area contributed by atoms with Gasteiger partial charge in [0.05, 0.1) is 31.6 Å². The van der Waals surface area contributed by atoms with Gasteiger partial charge in [0.1, 0.15) is 17.3 Å². The maximum atomic E-state index is 12.5. The van der Waals surface area contributed by atoms with Gasteiger partial charge >= 0.3 is 6.09 Å². The number of nitrogens with zero attached hydrogens (tertiary/aromatic N) is 4. The fraction of sp³-hybridized carbons (Fsp3) is 0.471. The van der Waals surface area contributed by atoms with Crippen molar-refractivity contribution in [3.8, 4) is 12.3 Å². The van der Waals surface area contributed by atoms with Crippen molar-refractivity contribution in [3.63, 3.8) is 0 Å². The maximum absolute atomic E-state index is 12.5. The zero-order valence-corrected chi connectivity index (χ0v) is 14.6. The molecule has 8 heteroatoms. The predicted octanol–water partition coefficient (Wildman–Crippen LogP) is 0.826. The zero-order valence-electron chi connectivity index (χ0n) is 14.6. The molecule has 1 amide bonds. The molecule has 0 bridgehead atoms. The normalized spacial score (nSPS) is 18.5. The van der Waals surface area contributed by atoms with Gasteiger partial charge in [-0.25, -0.2) is 9.48 Å². The van der Waals surface area contributed by atoms with Crippen molar-refractivity contribution in [2.24, 2.45) is 10.7 Å². The van der Waals surface area contributed by atoms with E-state index in [1.165, 1.54) is 22.0 Å². The minimum atomic E-state index is -0.629. The molecule has 0 saturated heterocycles. The Morgan fingerprint density at radius 2 is 2.32 bits per heavy atom. The van der Waals surface area contributed by atoms with E-state index in [4.69, 9.17) is 16.9 Å². The summed E-state index contributed by atoms with van der Waals surface area (Å²) in [7, 11) is 0. The standard InChI is InChI=1S/C17H23N5O3/c1-5-13-8-19-14(10-21(13)16(24)25-17(2,3)4)15(6-18)22-9-12(11-23)7-20-22/h1,6-7,9,13,23H,8,10-11,18H2,2-4H3/t13-/m0/s1. The molecule has 3 N–H and O–H groups in total. The zero-order chi connectivity index (χ0) is 18.6. The number of nitrogens with two attached hydrogens (primary N) is 1. The SMILES string of the molecule is C#C[C@H]1CN=C(C(=CN)n2cc(CO)cn2)CN1C(=O)OC(C)(C)C. The third-order valence-electron chi connectivity index (χ3n) is 3.49. The summed E-state index contributed by atoms with van der Waals surface area (Å²) in [5.41, 5.74) is 6.83. The lowest BCUT2D eigenvalue weighted by molar-refractivity contribution is 0.0237. The molecule has 0 unspecified atom stereocenters. The van der Waals surface area contributed by atoms with Crippen LogP contribution in [0.25, 0.3) is 5.70 Å². The molecule has 2 heterocycles. The highest BCUT2D eigenvalue weighted by Crippen LogP contribution is 2.18. The van der Waals surface area contributed by atoms with Gasteiger partial charge in [-0.05, 0) is 20.8 Å². The maximum Gasteiger partial charge on any atom is 0.411 e. The van der Waals surface area contributed by atoms with E-state index in [-0.39, 0.29) is 19.7 Å². The summed E-state index contributed by atoms with van der Waals surface area (Å²) in [6.45, 7) is 5.64. The Hall–Kier alpha value is -2.79. The molecule has 0 fully saturated rings. The molecule has 134 valence electrons. The van der Waals surface area contributed by atoms with Crippen LogP contribution in [0.5, 0.6) is 0 Å². The van der Waals surface area contributed by atoms with Crippen LogP contribution in [0.1, 0.15) is 26.3 Å². The van der Waals surface area contributed by atoms with E-state index >= 15 is 0 Å². The van der Waals surface area contributed by atoms with Crippen LogP contribution in [-0.4, -0.2) is 56.3 Å². The monoisotopic (exact) mass is 345 g/mol. The molecule has 1 aliphatic heterocycles. The molecule has 0 spiro atoms. The van der Waals surface area contributed by atoms with E-state index in [1.54, 1.807) is 27.0 Å². The molecule has 0 radical (unpaired) electrons. The largest absolute Gasteiger partial charge is 0.444 e. The summed E-state index contributed by atoms with van der Waals surface area (Å²) in [6, 6.07) is -0.483. The quantitative estimate of drug-likeness (QED) is 0.789. The first kappa shape index (κ1) is 18.5. The molecule has 0 saturated carbocycles. The molecule has 0 aromatic carbocycles.